The molecule has 15 nitrogen and oxygen atoms in total. The third-order valence-corrected chi connectivity index (χ3v) is 5.81. The first-order chi connectivity index (χ1) is 18.7. The zero-order valence-electron chi connectivity index (χ0n) is 21.7. The van der Waals surface area contributed by atoms with E-state index in [1.807, 2.05) is 12.1 Å². The first kappa shape index (κ1) is 38.8. The number of carboxylic acid groups (broad SMARTS) is 2. The van der Waals surface area contributed by atoms with E-state index >= 15 is 0 Å². The number of carbonyl (C=O) groups is 2. The van der Waals surface area contributed by atoms with Gasteiger partial charge in [-0.3, -0.25) is 14.5 Å². The summed E-state index contributed by atoms with van der Waals surface area (Å²) in [7, 11) is 1.68. The van der Waals surface area contributed by atoms with Crippen molar-refractivity contribution in [3.05, 3.63) is 49.6 Å². The van der Waals surface area contributed by atoms with E-state index in [4.69, 9.17) is 12.2 Å². The summed E-state index contributed by atoms with van der Waals surface area (Å²) >= 11 is 5.10. The van der Waals surface area contributed by atoms with Crippen LogP contribution in [-0.2, 0) is 30.7 Å². The molecule has 0 fully saturated rings. The zero-order chi connectivity index (χ0) is 29.0. The Labute approximate surface area is 270 Å². The van der Waals surface area contributed by atoms with Gasteiger partial charge < -0.3 is 61.1 Å². The first-order valence-electron chi connectivity index (χ1n) is 11.7. The Balaban J connectivity index is 0.0000152. The minimum atomic E-state index is -1.14. The van der Waals surface area contributed by atoms with Crippen LogP contribution in [0, 0.1) is 59.8 Å². The first-order valence-corrected chi connectivity index (χ1v) is 12.1. The number of nitrogens with zero attached hydrogens (tertiary/aromatic N) is 3. The van der Waals surface area contributed by atoms with Gasteiger partial charge in [0.15, 0.2) is 5.11 Å². The molecule has 0 spiro atoms. The molecule has 0 saturated heterocycles. The molecule has 0 aliphatic heterocycles. The van der Waals surface area contributed by atoms with E-state index < -0.39 is 24.5 Å². The topological polar surface area (TPSA) is 205 Å². The summed E-state index contributed by atoms with van der Waals surface area (Å²) in [5.74, 6) is -2.25. The van der Waals surface area contributed by atoms with Crippen molar-refractivity contribution in [1.82, 2.24) is 20.0 Å². The van der Waals surface area contributed by atoms with Gasteiger partial charge >= 0.3 is 51.9 Å². The molecular formula is C23H33GdN5O10S-3. The third-order valence-electron chi connectivity index (χ3n) is 5.50. The molecule has 17 heteroatoms. The quantitative estimate of drug-likeness (QED) is 0.0405. The fourth-order valence-electron chi connectivity index (χ4n) is 3.68. The van der Waals surface area contributed by atoms with Gasteiger partial charge in [-0.15, -0.1) is 19.6 Å². The van der Waals surface area contributed by atoms with Crippen LogP contribution in [-0.4, -0.2) is 107 Å². The summed E-state index contributed by atoms with van der Waals surface area (Å²) in [5, 5.41) is 56.6. The van der Waals surface area contributed by atoms with Gasteiger partial charge in [0, 0.05) is 38.4 Å². The molecule has 0 amide bonds. The fraction of sp³-hybridized carbons (Fsp3) is 0.478. The fourth-order valence-corrected chi connectivity index (χ4v) is 3.80. The molecule has 0 heterocycles. The molecule has 0 aliphatic rings. The van der Waals surface area contributed by atoms with E-state index in [0.717, 1.165) is 31.1 Å². The molecule has 1 rings (SSSR count). The minimum absolute atomic E-state index is 0. The van der Waals surface area contributed by atoms with E-state index in [9.17, 15) is 35.6 Å². The van der Waals surface area contributed by atoms with Crippen LogP contribution in [0.15, 0.2) is 24.3 Å². The second-order valence-corrected chi connectivity index (χ2v) is 8.67. The molecule has 0 bridgehead atoms. The van der Waals surface area contributed by atoms with E-state index in [1.54, 1.807) is 29.0 Å². The van der Waals surface area contributed by atoms with Crippen molar-refractivity contribution in [3.63, 3.8) is 0 Å². The Bertz CT molecular complexity index is 850. The third kappa shape index (κ3) is 17.6. The summed E-state index contributed by atoms with van der Waals surface area (Å²) in [6.07, 6.45) is 0.312. The van der Waals surface area contributed by atoms with Gasteiger partial charge in [-0.1, -0.05) is 12.1 Å². The Morgan fingerprint density at radius 3 is 1.95 bits per heavy atom. The summed E-state index contributed by atoms with van der Waals surface area (Å²) < 4.78 is 0. The predicted octanol–water partition coefficient (Wildman–Crippen LogP) is -3.05. The SMILES string of the molecule is CNC(=S)Nc1ccc(CC(CN(CCN(C[CH-]O[O-])C[CH-]O[O-])CC(=O)O)N(C[CH-]O[O-])CC(=O)O)cc1.[Gd+3]. The van der Waals surface area contributed by atoms with Gasteiger partial charge in [-0.25, -0.2) is 19.8 Å². The van der Waals surface area contributed by atoms with Crippen LogP contribution in [0.1, 0.15) is 5.56 Å². The second kappa shape index (κ2) is 23.4. The molecule has 0 aromatic heterocycles. The number of thiocarbonyl (C=S) groups is 1. The number of carboxylic acids is 2. The number of anilines is 1. The van der Waals surface area contributed by atoms with Gasteiger partial charge in [0.1, 0.15) is 0 Å². The van der Waals surface area contributed by atoms with Crippen molar-refractivity contribution >= 4 is 35.0 Å². The van der Waals surface area contributed by atoms with Crippen LogP contribution in [0.5, 0.6) is 0 Å². The standard InChI is InChI=1S/C23H36N5O10S.Gd/c1-24-23(39)25-19-4-2-18(3-5-19)14-20(28(10-13-38-35)17-22(31)32)15-27(16-21(29)30)7-6-26(8-11-36-33)9-12-37-34;/h2-5,11-13,20,33-35H,6-10,14-17H2,1H3,(H,29,30)(H,31,32)(H2,24,25,39);/q-3;+3/p-3. The Kier molecular flexibility index (Phi) is 22.7. The maximum Gasteiger partial charge on any atom is 3.00 e. The molecule has 1 aromatic carbocycles. The molecular weight excluding hydrogens is 696 g/mol. The van der Waals surface area contributed by atoms with Crippen LogP contribution >= 0.6 is 12.2 Å². The maximum atomic E-state index is 11.6. The molecule has 40 heavy (non-hydrogen) atoms. The van der Waals surface area contributed by atoms with Gasteiger partial charge in [0.25, 0.3) is 0 Å². The molecule has 1 aromatic rings. The summed E-state index contributed by atoms with van der Waals surface area (Å²) in [6, 6.07) is 6.68. The van der Waals surface area contributed by atoms with Crippen LogP contribution < -0.4 is 26.4 Å². The molecule has 1 unspecified atom stereocenters. The Morgan fingerprint density at radius 1 is 0.925 bits per heavy atom. The van der Waals surface area contributed by atoms with E-state index in [0.29, 0.717) is 11.5 Å². The zero-order valence-corrected chi connectivity index (χ0v) is 24.8. The maximum absolute atomic E-state index is 11.6. The average molecular weight is 729 g/mol. The molecule has 1 atom stereocenters. The van der Waals surface area contributed by atoms with Crippen LogP contribution in [0.3, 0.4) is 0 Å². The molecule has 0 saturated carbocycles. The van der Waals surface area contributed by atoms with Crippen LogP contribution in [0.2, 0.25) is 0 Å². The van der Waals surface area contributed by atoms with E-state index in [1.165, 1.54) is 4.90 Å². The van der Waals surface area contributed by atoms with Gasteiger partial charge in [0.2, 0.25) is 0 Å². The van der Waals surface area contributed by atoms with Gasteiger partial charge in [-0.05, 0) is 36.3 Å². The predicted molar refractivity (Wildman–Crippen MR) is 135 cm³/mol. The van der Waals surface area contributed by atoms with Crippen LogP contribution in [0.4, 0.5) is 5.69 Å². The second-order valence-electron chi connectivity index (χ2n) is 8.26. The number of nitrogens with one attached hydrogen (secondary N) is 2. The smallest absolute Gasteiger partial charge is 0.759 e. The van der Waals surface area contributed by atoms with Crippen molar-refractivity contribution in [3.8, 4) is 0 Å². The number of benzene rings is 1. The average Bonchev–Trinajstić information content (AvgIpc) is 2.90. The molecule has 0 aliphatic carbocycles. The molecule has 1 radical (unpaired) electrons. The van der Waals surface area contributed by atoms with Crippen molar-refractivity contribution in [2.45, 2.75) is 12.5 Å². The molecule has 227 valence electrons. The Morgan fingerprint density at radius 2 is 1.45 bits per heavy atom. The number of hydrogen-bond donors (Lipinski definition) is 4. The van der Waals surface area contributed by atoms with Gasteiger partial charge in [-0.2, -0.15) is 0 Å². The summed E-state index contributed by atoms with van der Waals surface area (Å²) in [4.78, 5) is 39.1. The van der Waals surface area contributed by atoms with Gasteiger partial charge in [0.05, 0.1) is 13.1 Å². The van der Waals surface area contributed by atoms with Crippen molar-refractivity contribution in [1.29, 1.82) is 0 Å². The number of rotatable bonds is 22. The summed E-state index contributed by atoms with van der Waals surface area (Å²) in [5.41, 5.74) is 1.55. The van der Waals surface area contributed by atoms with E-state index in [2.05, 4.69) is 25.3 Å². The molecule has 4 N–H and O–H groups in total. The van der Waals surface area contributed by atoms with Crippen LogP contribution in [0.25, 0.3) is 0 Å². The van der Waals surface area contributed by atoms with E-state index in [-0.39, 0.29) is 85.8 Å². The Hall–Kier alpha value is -1.19. The van der Waals surface area contributed by atoms with Crippen molar-refractivity contribution < 1.29 is 90.2 Å². The number of hydrogen-bond acceptors (Lipinski definition) is 12. The minimum Gasteiger partial charge on any atom is -0.759 e. The monoisotopic (exact) mass is 729 g/mol. The number of aliphatic carboxylic acids is 2. The van der Waals surface area contributed by atoms with Crippen molar-refractivity contribution in [2.75, 3.05) is 64.7 Å². The van der Waals surface area contributed by atoms with Crippen molar-refractivity contribution in [2.24, 2.45) is 0 Å². The normalized spacial score (nSPS) is 11.9. The summed E-state index contributed by atoms with van der Waals surface area (Å²) in [6.45, 7) is 2.54. The largest absolute Gasteiger partial charge is 3.00 e.